The number of amides is 1. The maximum Gasteiger partial charge on any atom is 0.282 e. The molecule has 2 aliphatic rings. The van der Waals surface area contributed by atoms with Crippen molar-refractivity contribution in [1.29, 1.82) is 0 Å². The van der Waals surface area contributed by atoms with Gasteiger partial charge in [-0.25, -0.2) is 0 Å². The zero-order valence-corrected chi connectivity index (χ0v) is 19.1. The van der Waals surface area contributed by atoms with Gasteiger partial charge in [0, 0.05) is 42.9 Å². The highest BCUT2D eigenvalue weighted by Gasteiger charge is 2.39. The van der Waals surface area contributed by atoms with Gasteiger partial charge in [0.05, 0.1) is 19.3 Å². The Hall–Kier alpha value is -2.37. The minimum absolute atomic E-state index is 0.0869. The number of morpholine rings is 1. The van der Waals surface area contributed by atoms with Gasteiger partial charge < -0.3 is 19.9 Å². The molecule has 2 fully saturated rings. The highest BCUT2D eigenvalue weighted by atomic mass is 16.5. The van der Waals surface area contributed by atoms with E-state index in [1.807, 2.05) is 12.1 Å². The van der Waals surface area contributed by atoms with Crippen molar-refractivity contribution in [2.75, 3.05) is 36.5 Å². The van der Waals surface area contributed by atoms with Crippen LogP contribution >= 0.6 is 0 Å². The van der Waals surface area contributed by atoms with Crippen molar-refractivity contribution in [1.82, 2.24) is 0 Å². The van der Waals surface area contributed by atoms with E-state index >= 15 is 0 Å². The van der Waals surface area contributed by atoms with Crippen LogP contribution in [-0.4, -0.2) is 44.3 Å². The van der Waals surface area contributed by atoms with Crippen LogP contribution < -0.4 is 15.1 Å². The van der Waals surface area contributed by atoms with Crippen molar-refractivity contribution in [2.24, 2.45) is 0 Å². The lowest BCUT2D eigenvalue weighted by molar-refractivity contribution is -0.938. The van der Waals surface area contributed by atoms with Gasteiger partial charge in [0.1, 0.15) is 6.54 Å². The first-order valence-corrected chi connectivity index (χ1v) is 11.7. The van der Waals surface area contributed by atoms with E-state index in [-0.39, 0.29) is 11.9 Å². The maximum atomic E-state index is 13.0. The first-order valence-electron chi connectivity index (χ1n) is 11.7. The second-order valence-electron chi connectivity index (χ2n) is 9.28. The Morgan fingerprint density at radius 3 is 2.26 bits per heavy atom. The lowest BCUT2D eigenvalue weighted by Crippen LogP contribution is -3.16. The second-order valence-corrected chi connectivity index (χ2v) is 9.28. The molecule has 0 radical (unpaired) electrons. The molecule has 1 aliphatic heterocycles. The Labute approximate surface area is 186 Å². The first kappa shape index (κ1) is 21.8. The van der Waals surface area contributed by atoms with Crippen LogP contribution in [0.15, 0.2) is 48.5 Å². The molecule has 0 spiro atoms. The largest absolute Gasteiger partial charge is 0.378 e. The minimum Gasteiger partial charge on any atom is -0.378 e. The minimum atomic E-state index is -0.0869. The molecular weight excluding hydrogens is 386 g/mol. The average molecular weight is 423 g/mol. The Bertz CT molecular complexity index is 853. The molecule has 2 atom stereocenters. The van der Waals surface area contributed by atoms with Gasteiger partial charge >= 0.3 is 0 Å². The molecule has 2 aromatic rings. The molecule has 31 heavy (non-hydrogen) atoms. The molecule has 2 aromatic carbocycles. The highest BCUT2D eigenvalue weighted by molar-refractivity contribution is 5.93. The van der Waals surface area contributed by atoms with E-state index in [1.54, 1.807) is 0 Å². The van der Waals surface area contributed by atoms with Crippen LogP contribution in [0.5, 0.6) is 0 Å². The monoisotopic (exact) mass is 422 g/mol. The highest BCUT2D eigenvalue weighted by Crippen LogP contribution is 2.20. The summed E-state index contributed by atoms with van der Waals surface area (Å²) < 4.78 is 5.43. The van der Waals surface area contributed by atoms with Crippen LogP contribution in [-0.2, 0) is 16.1 Å². The van der Waals surface area contributed by atoms with Gasteiger partial charge in [-0.1, -0.05) is 38.1 Å². The molecule has 0 aromatic heterocycles. The van der Waals surface area contributed by atoms with Gasteiger partial charge in [-0.05, 0) is 42.7 Å². The quantitative estimate of drug-likeness (QED) is 0.687. The molecule has 1 saturated carbocycles. The Balaban J connectivity index is 1.37. The molecule has 1 amide bonds. The molecule has 166 valence electrons. The van der Waals surface area contributed by atoms with E-state index in [0.29, 0.717) is 12.0 Å². The van der Waals surface area contributed by atoms with Gasteiger partial charge in [-0.3, -0.25) is 4.79 Å². The zero-order chi connectivity index (χ0) is 21.8. The summed E-state index contributed by atoms with van der Waals surface area (Å²) in [6.07, 6.45) is 2.43. The van der Waals surface area contributed by atoms with Crippen molar-refractivity contribution < 1.29 is 14.4 Å². The zero-order valence-electron chi connectivity index (χ0n) is 19.1. The van der Waals surface area contributed by atoms with Crippen LogP contribution in [0.1, 0.15) is 50.7 Å². The van der Waals surface area contributed by atoms with Gasteiger partial charge in [0.15, 0.2) is 6.04 Å². The van der Waals surface area contributed by atoms with Crippen LogP contribution in [0.4, 0.5) is 11.4 Å². The van der Waals surface area contributed by atoms with Crippen molar-refractivity contribution in [3.63, 3.8) is 0 Å². The Kier molecular flexibility index (Phi) is 6.93. The van der Waals surface area contributed by atoms with Gasteiger partial charge in [-0.15, -0.1) is 0 Å². The summed E-state index contributed by atoms with van der Waals surface area (Å²) in [7, 11) is 0. The SMILES string of the molecule is CC(C)c1ccc(C[NH+](C2CC2)[C@H](C)C(=O)Nc2ccc(N3CCOCC3)cc2)cc1. The van der Waals surface area contributed by atoms with E-state index in [4.69, 9.17) is 4.74 Å². The fourth-order valence-corrected chi connectivity index (χ4v) is 4.36. The van der Waals surface area contributed by atoms with Gasteiger partial charge in [0.2, 0.25) is 0 Å². The third kappa shape index (κ3) is 5.66. The lowest BCUT2D eigenvalue weighted by atomic mass is 10.0. The average Bonchev–Trinajstić information content (AvgIpc) is 3.64. The van der Waals surface area contributed by atoms with E-state index in [1.165, 1.54) is 34.6 Å². The summed E-state index contributed by atoms with van der Waals surface area (Å²) in [5, 5.41) is 3.14. The molecule has 0 bridgehead atoms. The second kappa shape index (κ2) is 9.84. The topological polar surface area (TPSA) is 46.0 Å². The predicted molar refractivity (Wildman–Crippen MR) is 126 cm³/mol. The van der Waals surface area contributed by atoms with Crippen molar-refractivity contribution in [3.8, 4) is 0 Å². The van der Waals surface area contributed by atoms with Gasteiger partial charge in [-0.2, -0.15) is 0 Å². The smallest absolute Gasteiger partial charge is 0.282 e. The van der Waals surface area contributed by atoms with Gasteiger partial charge in [0.25, 0.3) is 5.91 Å². The molecule has 1 aliphatic carbocycles. The van der Waals surface area contributed by atoms with E-state index in [9.17, 15) is 4.79 Å². The third-order valence-corrected chi connectivity index (χ3v) is 6.62. The molecule has 5 nitrogen and oxygen atoms in total. The number of rotatable bonds is 8. The maximum absolute atomic E-state index is 13.0. The molecule has 1 unspecified atom stereocenters. The van der Waals surface area contributed by atoms with Crippen LogP contribution in [0, 0.1) is 0 Å². The van der Waals surface area contributed by atoms with E-state index in [2.05, 4.69) is 67.4 Å². The number of nitrogens with zero attached hydrogens (tertiary/aromatic N) is 1. The third-order valence-electron chi connectivity index (χ3n) is 6.62. The standard InChI is InChI=1S/C26H35N3O2/c1-19(2)22-6-4-21(5-7-22)18-29(25-12-13-25)20(3)26(30)27-23-8-10-24(11-9-23)28-14-16-31-17-15-28/h4-11,19-20,25H,12-18H2,1-3H3,(H,27,30)/p+1/t20-/m1/s1. The number of hydrogen-bond acceptors (Lipinski definition) is 3. The van der Waals surface area contributed by atoms with Crippen LogP contribution in [0.3, 0.4) is 0 Å². The number of nitrogens with one attached hydrogen (secondary N) is 2. The number of hydrogen-bond donors (Lipinski definition) is 2. The fourth-order valence-electron chi connectivity index (χ4n) is 4.36. The summed E-state index contributed by atoms with van der Waals surface area (Å²) in [4.78, 5) is 16.7. The van der Waals surface area contributed by atoms with E-state index < -0.39 is 0 Å². The summed E-state index contributed by atoms with van der Waals surface area (Å²) in [6.45, 7) is 10.8. The summed E-state index contributed by atoms with van der Waals surface area (Å²) in [5.74, 6) is 0.639. The lowest BCUT2D eigenvalue weighted by Gasteiger charge is -2.29. The van der Waals surface area contributed by atoms with Crippen molar-refractivity contribution >= 4 is 17.3 Å². The molecule has 2 N–H and O–H groups in total. The predicted octanol–water partition coefficient (Wildman–Crippen LogP) is 3.22. The number of ether oxygens (including phenoxy) is 1. The number of quaternary nitrogens is 1. The summed E-state index contributed by atoms with van der Waals surface area (Å²) in [5.41, 5.74) is 4.72. The Morgan fingerprint density at radius 1 is 1.03 bits per heavy atom. The van der Waals surface area contributed by atoms with Crippen molar-refractivity contribution in [3.05, 3.63) is 59.7 Å². The fraction of sp³-hybridized carbons (Fsp3) is 0.500. The molecule has 5 heteroatoms. The van der Waals surface area contributed by atoms with Crippen molar-refractivity contribution in [2.45, 2.75) is 58.2 Å². The molecule has 4 rings (SSSR count). The number of benzene rings is 2. The number of anilines is 2. The molecule has 1 saturated heterocycles. The first-order chi connectivity index (χ1) is 15.0. The number of carbonyl (C=O) groups is 1. The van der Waals surface area contributed by atoms with E-state index in [0.717, 1.165) is 38.5 Å². The summed E-state index contributed by atoms with van der Waals surface area (Å²) in [6, 6.07) is 17.6. The molecule has 1 heterocycles. The Morgan fingerprint density at radius 2 is 1.68 bits per heavy atom. The normalized spacial score (nSPS) is 18.6. The van der Waals surface area contributed by atoms with Crippen LogP contribution in [0.25, 0.3) is 0 Å². The molecular formula is C26H36N3O2+. The van der Waals surface area contributed by atoms with Crippen LogP contribution in [0.2, 0.25) is 0 Å². The summed E-state index contributed by atoms with van der Waals surface area (Å²) >= 11 is 0. The number of carbonyl (C=O) groups excluding carboxylic acids is 1.